The fourth-order valence-electron chi connectivity index (χ4n) is 1.95. The van der Waals surface area contributed by atoms with Crippen LogP contribution in [0.25, 0.3) is 0 Å². The third-order valence-corrected chi connectivity index (χ3v) is 4.28. The van der Waals surface area contributed by atoms with E-state index in [0.717, 1.165) is 5.75 Å². The lowest BCUT2D eigenvalue weighted by Crippen LogP contribution is -2.11. The molecule has 1 N–H and O–H groups in total. The summed E-state index contributed by atoms with van der Waals surface area (Å²) in [6.07, 6.45) is 0. The highest BCUT2D eigenvalue weighted by molar-refractivity contribution is 7.15. The van der Waals surface area contributed by atoms with E-state index >= 15 is 0 Å². The third kappa shape index (κ3) is 4.68. The summed E-state index contributed by atoms with van der Waals surface area (Å²) in [7, 11) is 1.61. The highest BCUT2D eigenvalue weighted by atomic mass is 35.5. The van der Waals surface area contributed by atoms with Crippen LogP contribution >= 0.6 is 22.9 Å². The molecule has 0 atom stereocenters. The molecule has 1 aromatic heterocycles. The molecule has 0 aliphatic heterocycles. The first kappa shape index (κ1) is 17.2. The van der Waals surface area contributed by atoms with Crippen molar-refractivity contribution in [2.24, 2.45) is 0 Å². The number of aromatic nitrogens is 2. The number of ether oxygens (including phenoxy) is 2. The van der Waals surface area contributed by atoms with Crippen molar-refractivity contribution >= 4 is 34.0 Å². The zero-order valence-corrected chi connectivity index (χ0v) is 14.8. The molecule has 0 aliphatic carbocycles. The van der Waals surface area contributed by atoms with E-state index in [1.54, 1.807) is 31.4 Å². The zero-order chi connectivity index (χ0) is 17.6. The van der Waals surface area contributed by atoms with Gasteiger partial charge in [0.1, 0.15) is 18.1 Å². The highest BCUT2D eigenvalue weighted by Gasteiger charge is 2.10. The summed E-state index contributed by atoms with van der Waals surface area (Å²) in [6.45, 7) is 0.265. The van der Waals surface area contributed by atoms with Gasteiger partial charge in [-0.1, -0.05) is 22.9 Å². The van der Waals surface area contributed by atoms with Crippen LogP contribution in [0, 0.1) is 0 Å². The Morgan fingerprint density at radius 1 is 1.08 bits per heavy atom. The molecule has 128 valence electrons. The Balaban J connectivity index is 1.56. The second-order valence-corrected chi connectivity index (χ2v) is 6.42. The van der Waals surface area contributed by atoms with E-state index in [1.165, 1.54) is 11.3 Å². The van der Waals surface area contributed by atoms with Gasteiger partial charge in [0.25, 0.3) is 5.91 Å². The zero-order valence-electron chi connectivity index (χ0n) is 13.2. The summed E-state index contributed by atoms with van der Waals surface area (Å²) >= 11 is 7.07. The van der Waals surface area contributed by atoms with E-state index in [-0.39, 0.29) is 12.5 Å². The van der Waals surface area contributed by atoms with Crippen LogP contribution in [-0.2, 0) is 6.61 Å². The lowest BCUT2D eigenvalue weighted by Gasteiger charge is -2.04. The van der Waals surface area contributed by atoms with Crippen molar-refractivity contribution in [3.8, 4) is 11.5 Å². The molecule has 2 aromatic carbocycles. The quantitative estimate of drug-likeness (QED) is 0.704. The Hall–Kier alpha value is -2.64. The largest absolute Gasteiger partial charge is 0.497 e. The number of carbonyl (C=O) groups excluding carboxylic acids is 1. The maximum Gasteiger partial charge on any atom is 0.257 e. The first-order chi connectivity index (χ1) is 12.1. The minimum absolute atomic E-state index is 0.265. The van der Waals surface area contributed by atoms with Gasteiger partial charge in [0.15, 0.2) is 5.01 Å². The number of nitrogens with one attached hydrogen (secondary N) is 1. The summed E-state index contributed by atoms with van der Waals surface area (Å²) in [5, 5.41) is 12.3. The van der Waals surface area contributed by atoms with Gasteiger partial charge >= 0.3 is 0 Å². The molecule has 6 nitrogen and oxygen atoms in total. The molecule has 0 radical (unpaired) electrons. The van der Waals surface area contributed by atoms with Gasteiger partial charge in [0.2, 0.25) is 5.13 Å². The van der Waals surface area contributed by atoms with Crippen LogP contribution in [0.4, 0.5) is 5.13 Å². The normalized spacial score (nSPS) is 10.3. The van der Waals surface area contributed by atoms with Gasteiger partial charge in [0, 0.05) is 10.6 Å². The molecule has 1 heterocycles. The SMILES string of the molecule is COc1ccc(OCc2nnc(NC(=O)c3ccc(Cl)cc3)s2)cc1. The molecular weight excluding hydrogens is 362 g/mol. The minimum Gasteiger partial charge on any atom is -0.497 e. The van der Waals surface area contributed by atoms with Crippen molar-refractivity contribution in [2.45, 2.75) is 6.61 Å². The average Bonchev–Trinajstić information content (AvgIpc) is 3.08. The molecule has 0 spiro atoms. The number of nitrogens with zero attached hydrogens (tertiary/aromatic N) is 2. The van der Waals surface area contributed by atoms with Crippen LogP contribution < -0.4 is 14.8 Å². The van der Waals surface area contributed by atoms with E-state index in [4.69, 9.17) is 21.1 Å². The third-order valence-electron chi connectivity index (χ3n) is 3.22. The Labute approximate surface area is 153 Å². The number of hydrogen-bond donors (Lipinski definition) is 1. The van der Waals surface area contributed by atoms with Crippen LogP contribution in [0.15, 0.2) is 48.5 Å². The summed E-state index contributed by atoms with van der Waals surface area (Å²) in [5.41, 5.74) is 0.496. The van der Waals surface area contributed by atoms with Gasteiger partial charge < -0.3 is 9.47 Å². The van der Waals surface area contributed by atoms with Gasteiger partial charge in [0.05, 0.1) is 7.11 Å². The molecule has 0 unspecified atom stereocenters. The molecule has 0 saturated heterocycles. The van der Waals surface area contributed by atoms with Gasteiger partial charge in [-0.05, 0) is 48.5 Å². The monoisotopic (exact) mass is 375 g/mol. The predicted molar refractivity (Wildman–Crippen MR) is 96.6 cm³/mol. The van der Waals surface area contributed by atoms with Crippen molar-refractivity contribution in [3.05, 3.63) is 64.1 Å². The van der Waals surface area contributed by atoms with Crippen LogP contribution in [0.5, 0.6) is 11.5 Å². The Morgan fingerprint density at radius 2 is 1.76 bits per heavy atom. The van der Waals surface area contributed by atoms with Crippen LogP contribution in [0.3, 0.4) is 0 Å². The molecule has 3 aromatic rings. The number of benzene rings is 2. The summed E-state index contributed by atoms with van der Waals surface area (Å²) in [6, 6.07) is 13.8. The topological polar surface area (TPSA) is 73.3 Å². The number of carbonyl (C=O) groups is 1. The van der Waals surface area contributed by atoms with Crippen LogP contribution in [0.2, 0.25) is 5.02 Å². The van der Waals surface area contributed by atoms with E-state index in [2.05, 4.69) is 15.5 Å². The van der Waals surface area contributed by atoms with Crippen molar-refractivity contribution < 1.29 is 14.3 Å². The number of halogens is 1. The number of hydrogen-bond acceptors (Lipinski definition) is 6. The first-order valence-corrected chi connectivity index (χ1v) is 8.49. The van der Waals surface area contributed by atoms with Gasteiger partial charge in [-0.2, -0.15) is 0 Å². The standard InChI is InChI=1S/C17H14ClN3O3S/c1-23-13-6-8-14(9-7-13)24-10-15-20-21-17(25-15)19-16(22)11-2-4-12(18)5-3-11/h2-9H,10H2,1H3,(H,19,21,22). The second-order valence-electron chi connectivity index (χ2n) is 4.93. The van der Waals surface area contributed by atoms with E-state index in [0.29, 0.717) is 26.5 Å². The number of amides is 1. The summed E-state index contributed by atoms with van der Waals surface area (Å²) < 4.78 is 10.7. The molecular formula is C17H14ClN3O3S. The first-order valence-electron chi connectivity index (χ1n) is 7.30. The van der Waals surface area contributed by atoms with Crippen molar-refractivity contribution in [1.29, 1.82) is 0 Å². The lowest BCUT2D eigenvalue weighted by molar-refractivity contribution is 0.102. The summed E-state index contributed by atoms with van der Waals surface area (Å²) in [5.74, 6) is 1.19. The average molecular weight is 376 g/mol. The fraction of sp³-hybridized carbons (Fsp3) is 0.118. The molecule has 25 heavy (non-hydrogen) atoms. The number of anilines is 1. The molecule has 0 fully saturated rings. The van der Waals surface area contributed by atoms with Gasteiger partial charge in [-0.15, -0.1) is 10.2 Å². The molecule has 0 aliphatic rings. The van der Waals surface area contributed by atoms with Crippen LogP contribution in [-0.4, -0.2) is 23.2 Å². The smallest absolute Gasteiger partial charge is 0.257 e. The van der Waals surface area contributed by atoms with Crippen molar-refractivity contribution in [3.63, 3.8) is 0 Å². The van der Waals surface area contributed by atoms with Crippen LogP contribution in [0.1, 0.15) is 15.4 Å². The fourth-order valence-corrected chi connectivity index (χ4v) is 2.72. The molecule has 1 amide bonds. The molecule has 8 heteroatoms. The Morgan fingerprint density at radius 3 is 2.44 bits per heavy atom. The maximum atomic E-state index is 12.1. The van der Waals surface area contributed by atoms with Crippen molar-refractivity contribution in [1.82, 2.24) is 10.2 Å². The van der Waals surface area contributed by atoms with Gasteiger partial charge in [-0.3, -0.25) is 10.1 Å². The maximum absolute atomic E-state index is 12.1. The highest BCUT2D eigenvalue weighted by Crippen LogP contribution is 2.21. The lowest BCUT2D eigenvalue weighted by atomic mass is 10.2. The van der Waals surface area contributed by atoms with Crippen molar-refractivity contribution in [2.75, 3.05) is 12.4 Å². The number of methoxy groups -OCH3 is 1. The predicted octanol–water partition coefficient (Wildman–Crippen LogP) is 4.03. The van der Waals surface area contributed by atoms with E-state index < -0.39 is 0 Å². The molecule has 0 bridgehead atoms. The second kappa shape index (κ2) is 7.96. The molecule has 3 rings (SSSR count). The number of rotatable bonds is 6. The summed E-state index contributed by atoms with van der Waals surface area (Å²) in [4.78, 5) is 12.1. The Kier molecular flexibility index (Phi) is 5.47. The van der Waals surface area contributed by atoms with E-state index in [1.807, 2.05) is 24.3 Å². The van der Waals surface area contributed by atoms with Gasteiger partial charge in [-0.25, -0.2) is 0 Å². The Bertz CT molecular complexity index is 850. The van der Waals surface area contributed by atoms with E-state index in [9.17, 15) is 4.79 Å². The minimum atomic E-state index is -0.268. The molecule has 0 saturated carbocycles.